The van der Waals surface area contributed by atoms with Crippen molar-refractivity contribution in [2.24, 2.45) is 0 Å². The lowest BCUT2D eigenvalue weighted by Crippen LogP contribution is -2.44. The van der Waals surface area contributed by atoms with Gasteiger partial charge in [0.25, 0.3) is 0 Å². The van der Waals surface area contributed by atoms with Gasteiger partial charge in [0.1, 0.15) is 6.04 Å². The number of amides is 2. The maximum Gasteiger partial charge on any atom is 0.315 e. The van der Waals surface area contributed by atoms with E-state index in [1.807, 2.05) is 17.7 Å². The van der Waals surface area contributed by atoms with Crippen molar-refractivity contribution in [3.05, 3.63) is 39.8 Å². The van der Waals surface area contributed by atoms with Gasteiger partial charge >= 0.3 is 6.03 Å². The van der Waals surface area contributed by atoms with Crippen LogP contribution in [-0.2, 0) is 0 Å². The van der Waals surface area contributed by atoms with Crippen LogP contribution in [0.4, 0.5) is 4.79 Å². The third kappa shape index (κ3) is 4.17. The Morgan fingerprint density at radius 2 is 2.17 bits per heavy atom. The van der Waals surface area contributed by atoms with Gasteiger partial charge in [0.2, 0.25) is 0 Å². The highest BCUT2D eigenvalue weighted by molar-refractivity contribution is 7.10. The zero-order valence-corrected chi connectivity index (χ0v) is 15.2. The molecule has 2 aromatic rings. The molecule has 1 unspecified atom stereocenters. The van der Waals surface area contributed by atoms with Gasteiger partial charge in [0.15, 0.2) is 0 Å². The Balaban J connectivity index is 1.64. The minimum Gasteiger partial charge on any atom is -0.336 e. The number of aryl methyl sites for hydroxylation is 2. The fraction of sp³-hybridized carbons (Fsp3) is 0.556. The predicted octanol–water partition coefficient (Wildman–Crippen LogP) is 3.78. The van der Waals surface area contributed by atoms with Crippen molar-refractivity contribution < 1.29 is 4.79 Å². The summed E-state index contributed by atoms with van der Waals surface area (Å²) in [6.07, 6.45) is 5.92. The van der Waals surface area contributed by atoms with Crippen LogP contribution in [0.3, 0.4) is 0 Å². The number of rotatable bonds is 5. The normalized spacial score (nSPS) is 16.8. The van der Waals surface area contributed by atoms with E-state index in [-0.39, 0.29) is 12.1 Å². The molecule has 6 heteroatoms. The van der Waals surface area contributed by atoms with E-state index >= 15 is 0 Å². The van der Waals surface area contributed by atoms with E-state index in [1.54, 1.807) is 11.3 Å². The molecule has 3 rings (SSSR count). The van der Waals surface area contributed by atoms with Crippen molar-refractivity contribution in [2.75, 3.05) is 6.54 Å². The van der Waals surface area contributed by atoms with Crippen molar-refractivity contribution >= 4 is 17.4 Å². The highest BCUT2D eigenvalue weighted by Crippen LogP contribution is 2.24. The molecule has 1 atom stereocenters. The second-order valence-corrected chi connectivity index (χ2v) is 7.57. The molecule has 2 aromatic heterocycles. The molecule has 0 aliphatic heterocycles. The van der Waals surface area contributed by atoms with E-state index in [1.165, 1.54) is 24.1 Å². The number of hydrogen-bond acceptors (Lipinski definition) is 3. The van der Waals surface area contributed by atoms with E-state index in [0.717, 1.165) is 24.2 Å². The Bertz CT molecular complexity index is 659. The fourth-order valence-electron chi connectivity index (χ4n) is 3.42. The molecule has 5 nitrogen and oxygen atoms in total. The summed E-state index contributed by atoms with van der Waals surface area (Å²) >= 11 is 1.70. The average Bonchev–Trinajstić information content (AvgIpc) is 3.19. The van der Waals surface area contributed by atoms with Gasteiger partial charge in [-0.15, -0.1) is 11.3 Å². The molecule has 1 aliphatic rings. The molecule has 0 spiro atoms. The molecule has 1 saturated carbocycles. The van der Waals surface area contributed by atoms with Crippen molar-refractivity contribution in [3.8, 4) is 0 Å². The summed E-state index contributed by atoms with van der Waals surface area (Å²) in [5.41, 5.74) is 2.11. The van der Waals surface area contributed by atoms with Crippen molar-refractivity contribution in [3.63, 3.8) is 0 Å². The van der Waals surface area contributed by atoms with Crippen LogP contribution in [-0.4, -0.2) is 28.4 Å². The van der Waals surface area contributed by atoms with Gasteiger partial charge in [-0.2, -0.15) is 5.10 Å². The number of thiophene rings is 1. The van der Waals surface area contributed by atoms with Gasteiger partial charge in [-0.05, 0) is 44.2 Å². The molecule has 2 N–H and O–H groups in total. The third-order valence-electron chi connectivity index (χ3n) is 4.61. The van der Waals surface area contributed by atoms with E-state index in [0.29, 0.717) is 12.6 Å². The van der Waals surface area contributed by atoms with Gasteiger partial charge in [-0.3, -0.25) is 4.68 Å². The number of carbonyl (C=O) groups excluding carboxylic acids is 1. The van der Waals surface area contributed by atoms with Crippen LogP contribution in [0.15, 0.2) is 23.6 Å². The van der Waals surface area contributed by atoms with Gasteiger partial charge < -0.3 is 10.6 Å². The number of hydrogen-bond donors (Lipinski definition) is 2. The van der Waals surface area contributed by atoms with Crippen molar-refractivity contribution in [2.45, 2.75) is 58.0 Å². The lowest BCUT2D eigenvalue weighted by atomic mass is 9.96. The molecule has 2 heterocycles. The van der Waals surface area contributed by atoms with Crippen LogP contribution in [0, 0.1) is 13.8 Å². The van der Waals surface area contributed by atoms with Crippen molar-refractivity contribution in [1.82, 2.24) is 20.4 Å². The first kappa shape index (κ1) is 17.0. The first-order valence-corrected chi connectivity index (χ1v) is 9.62. The fourth-order valence-corrected chi connectivity index (χ4v) is 4.23. The first-order valence-electron chi connectivity index (χ1n) is 8.74. The average molecular weight is 346 g/mol. The van der Waals surface area contributed by atoms with Gasteiger partial charge in [-0.25, -0.2) is 4.79 Å². The van der Waals surface area contributed by atoms with E-state index in [4.69, 9.17) is 0 Å². The summed E-state index contributed by atoms with van der Waals surface area (Å²) in [4.78, 5) is 13.5. The molecule has 0 aromatic carbocycles. The van der Waals surface area contributed by atoms with Crippen molar-refractivity contribution in [1.29, 1.82) is 0 Å². The molecule has 2 amide bonds. The second-order valence-electron chi connectivity index (χ2n) is 6.59. The summed E-state index contributed by atoms with van der Waals surface area (Å²) in [5, 5.41) is 12.8. The van der Waals surface area contributed by atoms with Crippen LogP contribution in [0.25, 0.3) is 0 Å². The molecule has 1 aliphatic carbocycles. The van der Waals surface area contributed by atoms with Crippen LogP contribution < -0.4 is 10.6 Å². The SMILES string of the molecule is Cc1cc(C)n(C(CNC(=O)NC2CCCCC2)c2cccs2)n1. The maximum absolute atomic E-state index is 12.3. The Hall–Kier alpha value is -1.82. The number of aromatic nitrogens is 2. The van der Waals surface area contributed by atoms with E-state index in [9.17, 15) is 4.79 Å². The minimum atomic E-state index is -0.0648. The summed E-state index contributed by atoms with van der Waals surface area (Å²) in [6, 6.07) is 6.52. The molecule has 1 fully saturated rings. The smallest absolute Gasteiger partial charge is 0.315 e. The maximum atomic E-state index is 12.3. The summed E-state index contributed by atoms with van der Waals surface area (Å²) < 4.78 is 2.02. The third-order valence-corrected chi connectivity index (χ3v) is 5.58. The minimum absolute atomic E-state index is 0.0378. The zero-order valence-electron chi connectivity index (χ0n) is 14.4. The molecule has 0 saturated heterocycles. The Labute approximate surface area is 147 Å². The number of nitrogens with one attached hydrogen (secondary N) is 2. The Morgan fingerprint density at radius 1 is 1.38 bits per heavy atom. The van der Waals surface area contributed by atoms with Crippen LogP contribution in [0.2, 0.25) is 0 Å². The zero-order chi connectivity index (χ0) is 16.9. The quantitative estimate of drug-likeness (QED) is 0.865. The van der Waals surface area contributed by atoms with Crippen LogP contribution in [0.5, 0.6) is 0 Å². The lowest BCUT2D eigenvalue weighted by Gasteiger charge is -2.24. The van der Waals surface area contributed by atoms with Gasteiger partial charge in [-0.1, -0.05) is 25.3 Å². The molecule has 130 valence electrons. The lowest BCUT2D eigenvalue weighted by molar-refractivity contribution is 0.231. The monoisotopic (exact) mass is 346 g/mol. The highest BCUT2D eigenvalue weighted by atomic mass is 32.1. The summed E-state index contributed by atoms with van der Waals surface area (Å²) in [7, 11) is 0. The number of urea groups is 1. The standard InChI is InChI=1S/C18H26N4OS/c1-13-11-14(2)22(21-13)16(17-9-6-10-24-17)12-19-18(23)20-15-7-4-3-5-8-15/h6,9-11,15-16H,3-5,7-8,12H2,1-2H3,(H2,19,20,23). The largest absolute Gasteiger partial charge is 0.336 e. The van der Waals surface area contributed by atoms with Crippen LogP contribution >= 0.6 is 11.3 Å². The van der Waals surface area contributed by atoms with Crippen LogP contribution in [0.1, 0.15) is 54.4 Å². The van der Waals surface area contributed by atoms with E-state index < -0.39 is 0 Å². The molecular weight excluding hydrogens is 320 g/mol. The Kier molecular flexibility index (Phi) is 5.56. The Morgan fingerprint density at radius 3 is 2.79 bits per heavy atom. The molecule has 0 bridgehead atoms. The number of nitrogens with zero attached hydrogens (tertiary/aromatic N) is 2. The predicted molar refractivity (Wildman–Crippen MR) is 97.6 cm³/mol. The second kappa shape index (κ2) is 7.83. The summed E-state index contributed by atoms with van der Waals surface area (Å²) in [5.74, 6) is 0. The van der Waals surface area contributed by atoms with E-state index in [2.05, 4.69) is 40.2 Å². The summed E-state index contributed by atoms with van der Waals surface area (Å²) in [6.45, 7) is 4.60. The highest BCUT2D eigenvalue weighted by Gasteiger charge is 2.20. The number of carbonyl (C=O) groups is 1. The first-order chi connectivity index (χ1) is 11.6. The van der Waals surface area contributed by atoms with Gasteiger partial charge in [0, 0.05) is 23.2 Å². The molecule has 24 heavy (non-hydrogen) atoms. The molecular formula is C18H26N4OS. The molecule has 0 radical (unpaired) electrons. The topological polar surface area (TPSA) is 59.0 Å². The van der Waals surface area contributed by atoms with Gasteiger partial charge in [0.05, 0.1) is 5.69 Å².